The molecule has 0 aliphatic carbocycles. The number of carbonyl (C=O) groups excluding carboxylic acids is 2. The minimum atomic E-state index is -0.157. The summed E-state index contributed by atoms with van der Waals surface area (Å²) in [6.07, 6.45) is 1.29. The lowest BCUT2D eigenvalue weighted by molar-refractivity contribution is -0.129. The molecule has 0 aromatic heterocycles. The molecule has 1 N–H and O–H groups in total. The molecule has 0 aromatic carbocycles. The zero-order chi connectivity index (χ0) is 13.0. The second kappa shape index (κ2) is 6.03. The van der Waals surface area contributed by atoms with E-state index in [1.54, 1.807) is 0 Å². The van der Waals surface area contributed by atoms with Crippen molar-refractivity contribution in [2.24, 2.45) is 11.8 Å². The number of nitrogens with zero attached hydrogens (tertiary/aromatic N) is 1. The van der Waals surface area contributed by atoms with Crippen LogP contribution in [0.25, 0.3) is 0 Å². The van der Waals surface area contributed by atoms with Crippen LogP contribution in [0.4, 0.5) is 0 Å². The maximum atomic E-state index is 11.9. The third-order valence-electron chi connectivity index (χ3n) is 3.17. The molecule has 1 aliphatic rings. The van der Waals surface area contributed by atoms with Gasteiger partial charge in [-0.05, 0) is 19.3 Å². The van der Waals surface area contributed by atoms with Crippen LogP contribution < -0.4 is 5.32 Å². The molecule has 1 rings (SSSR count). The Morgan fingerprint density at radius 1 is 1.47 bits per heavy atom. The molecule has 0 unspecified atom stereocenters. The van der Waals surface area contributed by atoms with Crippen LogP contribution in [0.5, 0.6) is 0 Å². The lowest BCUT2D eigenvalue weighted by Gasteiger charge is -2.19. The fourth-order valence-electron chi connectivity index (χ4n) is 2.03. The number of amides is 2. The smallest absolute Gasteiger partial charge is 0.225 e. The number of carbonyl (C=O) groups is 2. The number of likely N-dealkylation sites (tertiary alicyclic amines) is 1. The van der Waals surface area contributed by atoms with Crippen LogP contribution in [-0.4, -0.2) is 35.8 Å². The van der Waals surface area contributed by atoms with Gasteiger partial charge in [0, 0.05) is 25.6 Å². The first-order chi connectivity index (χ1) is 7.93. The normalized spacial score (nSPS) is 22.1. The third-order valence-corrected chi connectivity index (χ3v) is 3.17. The molecule has 2 amide bonds. The average Bonchev–Trinajstić information content (AvgIpc) is 2.59. The van der Waals surface area contributed by atoms with E-state index in [0.29, 0.717) is 18.9 Å². The van der Waals surface area contributed by atoms with Crippen LogP contribution in [0.1, 0.15) is 40.5 Å². The molecule has 2 atom stereocenters. The fraction of sp³-hybridized carbons (Fsp3) is 0.846. The van der Waals surface area contributed by atoms with Crippen LogP contribution in [0.15, 0.2) is 0 Å². The predicted octanol–water partition coefficient (Wildman–Crippen LogP) is 1.41. The van der Waals surface area contributed by atoms with Gasteiger partial charge in [0.15, 0.2) is 0 Å². The Balaban J connectivity index is 2.47. The van der Waals surface area contributed by atoms with Gasteiger partial charge in [-0.15, -0.1) is 0 Å². The Bertz CT molecular complexity index is 289. The second-order valence-corrected chi connectivity index (χ2v) is 5.41. The summed E-state index contributed by atoms with van der Waals surface area (Å²) in [5.41, 5.74) is 0. The minimum absolute atomic E-state index is 0.0268. The van der Waals surface area contributed by atoms with Gasteiger partial charge in [-0.3, -0.25) is 9.59 Å². The van der Waals surface area contributed by atoms with E-state index in [1.807, 2.05) is 18.7 Å². The van der Waals surface area contributed by atoms with Gasteiger partial charge >= 0.3 is 0 Å². The highest BCUT2D eigenvalue weighted by Crippen LogP contribution is 2.19. The van der Waals surface area contributed by atoms with Gasteiger partial charge < -0.3 is 10.2 Å². The van der Waals surface area contributed by atoms with Crippen LogP contribution in [0.2, 0.25) is 0 Å². The van der Waals surface area contributed by atoms with E-state index in [-0.39, 0.29) is 23.8 Å². The molecule has 17 heavy (non-hydrogen) atoms. The highest BCUT2D eigenvalue weighted by molar-refractivity contribution is 5.89. The Hall–Kier alpha value is -1.06. The summed E-state index contributed by atoms with van der Waals surface area (Å²) in [6.45, 7) is 9.53. The molecule has 4 nitrogen and oxygen atoms in total. The Morgan fingerprint density at radius 2 is 2.12 bits per heavy atom. The lowest BCUT2D eigenvalue weighted by Crippen LogP contribution is -2.38. The number of nitrogens with one attached hydrogen (secondary N) is 1. The maximum absolute atomic E-state index is 11.9. The molecular formula is C13H24N2O2. The molecule has 1 heterocycles. The lowest BCUT2D eigenvalue weighted by atomic mass is 10.1. The Labute approximate surface area is 104 Å². The minimum Gasteiger partial charge on any atom is -0.353 e. The predicted molar refractivity (Wildman–Crippen MR) is 67.4 cm³/mol. The van der Waals surface area contributed by atoms with Gasteiger partial charge in [-0.2, -0.15) is 0 Å². The van der Waals surface area contributed by atoms with Crippen LogP contribution >= 0.6 is 0 Å². The Morgan fingerprint density at radius 3 is 2.65 bits per heavy atom. The molecule has 0 spiro atoms. The molecule has 0 aromatic rings. The summed E-state index contributed by atoms with van der Waals surface area (Å²) in [5, 5.41) is 2.95. The highest BCUT2D eigenvalue weighted by atomic mass is 16.2. The summed E-state index contributed by atoms with van der Waals surface area (Å²) in [6, 6.07) is 0.191. The van der Waals surface area contributed by atoms with Crippen molar-refractivity contribution in [3.63, 3.8) is 0 Å². The van der Waals surface area contributed by atoms with Crippen molar-refractivity contribution >= 4 is 11.8 Å². The van der Waals surface area contributed by atoms with Crippen molar-refractivity contribution in [3.05, 3.63) is 0 Å². The van der Waals surface area contributed by atoms with Gasteiger partial charge in [0.1, 0.15) is 0 Å². The third kappa shape index (κ3) is 4.02. The first-order valence-corrected chi connectivity index (χ1v) is 6.52. The van der Waals surface area contributed by atoms with Crippen molar-refractivity contribution in [3.8, 4) is 0 Å². The molecule has 98 valence electrons. The first kappa shape index (κ1) is 14.0. The zero-order valence-electron chi connectivity index (χ0n) is 11.3. The molecule has 1 saturated heterocycles. The maximum Gasteiger partial charge on any atom is 0.225 e. The standard InChI is InChI=1S/C13H24N2O2/c1-5-10(4)14-13(17)11-6-12(16)15(8-11)7-9(2)3/h9-11H,5-8H2,1-4H3,(H,14,17)/t10-,11-/m0/s1. The van der Waals surface area contributed by atoms with Crippen LogP contribution in [0.3, 0.4) is 0 Å². The summed E-state index contributed by atoms with van der Waals surface area (Å²) in [5.74, 6) is 0.438. The number of hydrogen-bond donors (Lipinski definition) is 1. The summed E-state index contributed by atoms with van der Waals surface area (Å²) in [7, 11) is 0. The van der Waals surface area contributed by atoms with E-state index in [9.17, 15) is 9.59 Å². The molecule has 0 saturated carbocycles. The largest absolute Gasteiger partial charge is 0.353 e. The van der Waals surface area contributed by atoms with Crippen molar-refractivity contribution in [2.75, 3.05) is 13.1 Å². The van der Waals surface area contributed by atoms with Gasteiger partial charge in [-0.1, -0.05) is 20.8 Å². The van der Waals surface area contributed by atoms with E-state index in [1.165, 1.54) is 0 Å². The molecular weight excluding hydrogens is 216 g/mol. The van der Waals surface area contributed by atoms with Gasteiger partial charge in [0.05, 0.1) is 5.92 Å². The molecule has 0 radical (unpaired) electrons. The van der Waals surface area contributed by atoms with Crippen LogP contribution in [0, 0.1) is 11.8 Å². The van der Waals surface area contributed by atoms with Crippen molar-refractivity contribution in [1.29, 1.82) is 0 Å². The zero-order valence-corrected chi connectivity index (χ0v) is 11.3. The first-order valence-electron chi connectivity index (χ1n) is 6.52. The van der Waals surface area contributed by atoms with Crippen molar-refractivity contribution in [1.82, 2.24) is 10.2 Å². The Kier molecular flexibility index (Phi) is 4.97. The molecule has 1 fully saturated rings. The summed E-state index contributed by atoms with van der Waals surface area (Å²) in [4.78, 5) is 25.4. The molecule has 0 bridgehead atoms. The number of rotatable bonds is 5. The van der Waals surface area contributed by atoms with E-state index in [0.717, 1.165) is 13.0 Å². The van der Waals surface area contributed by atoms with E-state index < -0.39 is 0 Å². The number of hydrogen-bond acceptors (Lipinski definition) is 2. The van der Waals surface area contributed by atoms with Gasteiger partial charge in [-0.25, -0.2) is 0 Å². The van der Waals surface area contributed by atoms with Gasteiger partial charge in [0.2, 0.25) is 11.8 Å². The topological polar surface area (TPSA) is 49.4 Å². The van der Waals surface area contributed by atoms with Crippen molar-refractivity contribution < 1.29 is 9.59 Å². The summed E-state index contributed by atoms with van der Waals surface area (Å²) < 4.78 is 0. The van der Waals surface area contributed by atoms with Crippen molar-refractivity contribution in [2.45, 2.75) is 46.6 Å². The average molecular weight is 240 g/mol. The second-order valence-electron chi connectivity index (χ2n) is 5.41. The van der Waals surface area contributed by atoms with E-state index >= 15 is 0 Å². The quantitative estimate of drug-likeness (QED) is 0.790. The fourth-order valence-corrected chi connectivity index (χ4v) is 2.03. The molecule has 1 aliphatic heterocycles. The van der Waals surface area contributed by atoms with E-state index in [4.69, 9.17) is 0 Å². The van der Waals surface area contributed by atoms with Gasteiger partial charge in [0.25, 0.3) is 0 Å². The monoisotopic (exact) mass is 240 g/mol. The SMILES string of the molecule is CC[C@H](C)NC(=O)[C@H]1CC(=O)N(CC(C)C)C1. The summed E-state index contributed by atoms with van der Waals surface area (Å²) >= 11 is 0. The molecule has 4 heteroatoms. The van der Waals surface area contributed by atoms with E-state index in [2.05, 4.69) is 19.2 Å². The highest BCUT2D eigenvalue weighted by Gasteiger charge is 2.34. The van der Waals surface area contributed by atoms with Crippen LogP contribution in [-0.2, 0) is 9.59 Å².